The maximum Gasteiger partial charge on any atom is 0.188 e. The highest BCUT2D eigenvalue weighted by Crippen LogP contribution is 2.07. The number of nitrogens with two attached hydrogens (primary N) is 1. The van der Waals surface area contributed by atoms with Gasteiger partial charge in [0.15, 0.2) is 5.96 Å². The molecule has 120 valence electrons. The second-order valence-corrected chi connectivity index (χ2v) is 5.86. The van der Waals surface area contributed by atoms with Crippen molar-refractivity contribution in [2.24, 2.45) is 10.7 Å². The molecule has 1 aliphatic heterocycles. The third-order valence-corrected chi connectivity index (χ3v) is 4.21. The lowest BCUT2D eigenvalue weighted by atomic mass is 10.3. The Labute approximate surface area is 148 Å². The molecule has 0 bridgehead atoms. The van der Waals surface area contributed by atoms with Crippen LogP contribution < -0.4 is 11.1 Å². The Balaban J connectivity index is 0.00000220. The van der Waals surface area contributed by atoms with Gasteiger partial charge in [0.2, 0.25) is 0 Å². The summed E-state index contributed by atoms with van der Waals surface area (Å²) in [5.74, 6) is 0.559. The van der Waals surface area contributed by atoms with E-state index in [0.29, 0.717) is 5.96 Å². The summed E-state index contributed by atoms with van der Waals surface area (Å²) in [4.78, 5) is 8.15. The van der Waals surface area contributed by atoms with Gasteiger partial charge in [-0.05, 0) is 24.3 Å². The summed E-state index contributed by atoms with van der Waals surface area (Å²) >= 11 is 1.78. The average Bonchev–Trinajstić information content (AvgIpc) is 2.98. The molecule has 0 saturated carbocycles. The fourth-order valence-corrected chi connectivity index (χ4v) is 2.85. The van der Waals surface area contributed by atoms with Crippen molar-refractivity contribution in [1.82, 2.24) is 10.2 Å². The summed E-state index contributed by atoms with van der Waals surface area (Å²) in [7, 11) is 0. The minimum atomic E-state index is 0. The molecule has 3 N–H and O–H groups in total. The Kier molecular flexibility index (Phi) is 9.98. The minimum absolute atomic E-state index is 0. The zero-order chi connectivity index (χ0) is 14.0. The number of hydrogen-bond donors (Lipinski definition) is 2. The summed E-state index contributed by atoms with van der Waals surface area (Å²) in [5, 5.41) is 5.26. The Bertz CT molecular complexity index is 394. The van der Waals surface area contributed by atoms with Gasteiger partial charge >= 0.3 is 0 Å². The van der Waals surface area contributed by atoms with Gasteiger partial charge in [0.25, 0.3) is 0 Å². The molecule has 0 radical (unpaired) electrons. The number of ether oxygens (including phenoxy) is 1. The van der Waals surface area contributed by atoms with Crippen molar-refractivity contribution >= 4 is 41.3 Å². The number of halogens is 1. The van der Waals surface area contributed by atoms with E-state index in [4.69, 9.17) is 10.5 Å². The van der Waals surface area contributed by atoms with E-state index in [1.54, 1.807) is 11.3 Å². The van der Waals surface area contributed by atoms with Crippen LogP contribution in [-0.4, -0.2) is 56.8 Å². The van der Waals surface area contributed by atoms with E-state index in [2.05, 4.69) is 32.7 Å². The number of nitrogens with zero attached hydrogens (tertiary/aromatic N) is 2. The first-order valence-electron chi connectivity index (χ1n) is 7.21. The standard InChI is InChI=1S/C14H24N4OS.HI/c15-14(17-6-4-13-3-1-12-20-13)16-5-2-7-18-8-10-19-11-9-18;/h1,3,12H,2,4-11H2,(H3,15,16,17);1H. The van der Waals surface area contributed by atoms with Crippen molar-refractivity contribution in [2.75, 3.05) is 45.9 Å². The third kappa shape index (κ3) is 7.98. The maximum absolute atomic E-state index is 5.84. The first-order valence-corrected chi connectivity index (χ1v) is 8.09. The van der Waals surface area contributed by atoms with E-state index in [9.17, 15) is 0 Å². The summed E-state index contributed by atoms with van der Waals surface area (Å²) < 4.78 is 5.32. The monoisotopic (exact) mass is 424 g/mol. The molecule has 1 fully saturated rings. The van der Waals surface area contributed by atoms with Crippen LogP contribution in [0.15, 0.2) is 22.5 Å². The lowest BCUT2D eigenvalue weighted by Crippen LogP contribution is -2.37. The topological polar surface area (TPSA) is 62.9 Å². The van der Waals surface area contributed by atoms with Crippen LogP contribution in [-0.2, 0) is 11.2 Å². The van der Waals surface area contributed by atoms with Gasteiger partial charge in [-0.15, -0.1) is 35.3 Å². The molecule has 7 heteroatoms. The van der Waals surface area contributed by atoms with Crippen LogP contribution >= 0.6 is 35.3 Å². The second-order valence-electron chi connectivity index (χ2n) is 4.83. The first-order chi connectivity index (χ1) is 9.84. The number of rotatable bonds is 7. The Morgan fingerprint density at radius 3 is 2.95 bits per heavy atom. The normalized spacial score (nSPS) is 16.5. The van der Waals surface area contributed by atoms with Crippen LogP contribution in [0.5, 0.6) is 0 Å². The molecule has 0 unspecified atom stereocenters. The molecule has 2 heterocycles. The van der Waals surface area contributed by atoms with Gasteiger partial charge in [-0.3, -0.25) is 9.89 Å². The predicted molar refractivity (Wildman–Crippen MR) is 99.8 cm³/mol. The molecular formula is C14H25IN4OS. The number of nitrogens with one attached hydrogen (secondary N) is 1. The molecule has 0 aromatic carbocycles. The van der Waals surface area contributed by atoms with Crippen molar-refractivity contribution in [3.8, 4) is 0 Å². The van der Waals surface area contributed by atoms with Gasteiger partial charge in [0.05, 0.1) is 13.2 Å². The smallest absolute Gasteiger partial charge is 0.188 e. The first kappa shape index (κ1) is 18.7. The van der Waals surface area contributed by atoms with Crippen LogP contribution in [0.4, 0.5) is 0 Å². The van der Waals surface area contributed by atoms with Gasteiger partial charge in [-0.1, -0.05) is 6.07 Å². The summed E-state index contributed by atoms with van der Waals surface area (Å²) in [6.07, 6.45) is 2.05. The average molecular weight is 424 g/mol. The molecule has 1 saturated heterocycles. The molecular weight excluding hydrogens is 399 g/mol. The molecule has 2 rings (SSSR count). The number of aliphatic imine (C=N–C) groups is 1. The molecule has 0 atom stereocenters. The SMILES string of the molecule is I.NC(=NCCCN1CCOCC1)NCCc1cccs1. The van der Waals surface area contributed by atoms with Gasteiger partial charge in [0.1, 0.15) is 0 Å². The molecule has 1 aromatic rings. The number of thiophene rings is 1. The van der Waals surface area contributed by atoms with Crippen molar-refractivity contribution in [2.45, 2.75) is 12.8 Å². The van der Waals surface area contributed by atoms with Gasteiger partial charge in [0, 0.05) is 37.6 Å². The van der Waals surface area contributed by atoms with Crippen LogP contribution in [0.25, 0.3) is 0 Å². The molecule has 21 heavy (non-hydrogen) atoms. The number of morpholine rings is 1. The lowest BCUT2D eigenvalue weighted by molar-refractivity contribution is 0.0377. The molecule has 0 amide bonds. The van der Waals surface area contributed by atoms with E-state index in [1.165, 1.54) is 4.88 Å². The van der Waals surface area contributed by atoms with Crippen LogP contribution in [0.2, 0.25) is 0 Å². The van der Waals surface area contributed by atoms with Crippen LogP contribution in [0, 0.1) is 0 Å². The quantitative estimate of drug-likeness (QED) is 0.302. The van der Waals surface area contributed by atoms with E-state index in [-0.39, 0.29) is 24.0 Å². The Hall–Kier alpha value is -0.380. The molecule has 1 aromatic heterocycles. The minimum Gasteiger partial charge on any atom is -0.379 e. The van der Waals surface area contributed by atoms with E-state index >= 15 is 0 Å². The van der Waals surface area contributed by atoms with Gasteiger partial charge in [-0.25, -0.2) is 0 Å². The maximum atomic E-state index is 5.84. The fraction of sp³-hybridized carbons (Fsp3) is 0.643. The summed E-state index contributed by atoms with van der Waals surface area (Å²) in [6, 6.07) is 4.21. The Morgan fingerprint density at radius 2 is 2.24 bits per heavy atom. The fourth-order valence-electron chi connectivity index (χ4n) is 2.14. The largest absolute Gasteiger partial charge is 0.379 e. The van der Waals surface area contributed by atoms with Crippen LogP contribution in [0.3, 0.4) is 0 Å². The predicted octanol–water partition coefficient (Wildman–Crippen LogP) is 1.54. The second kappa shape index (κ2) is 11.2. The third-order valence-electron chi connectivity index (χ3n) is 3.28. The summed E-state index contributed by atoms with van der Waals surface area (Å²) in [6.45, 7) is 6.51. The zero-order valence-electron chi connectivity index (χ0n) is 12.3. The van der Waals surface area contributed by atoms with Gasteiger partial charge < -0.3 is 15.8 Å². The van der Waals surface area contributed by atoms with E-state index in [0.717, 1.165) is 58.8 Å². The zero-order valence-corrected chi connectivity index (χ0v) is 15.4. The van der Waals surface area contributed by atoms with Crippen LogP contribution in [0.1, 0.15) is 11.3 Å². The highest BCUT2D eigenvalue weighted by Gasteiger charge is 2.08. The van der Waals surface area contributed by atoms with Crippen molar-refractivity contribution in [3.05, 3.63) is 22.4 Å². The highest BCUT2D eigenvalue weighted by molar-refractivity contribution is 14.0. The molecule has 1 aliphatic rings. The molecule has 0 spiro atoms. The summed E-state index contributed by atoms with van der Waals surface area (Å²) in [5.41, 5.74) is 5.84. The van der Waals surface area contributed by atoms with Gasteiger partial charge in [-0.2, -0.15) is 0 Å². The lowest BCUT2D eigenvalue weighted by Gasteiger charge is -2.26. The van der Waals surface area contributed by atoms with Crippen molar-refractivity contribution in [1.29, 1.82) is 0 Å². The highest BCUT2D eigenvalue weighted by atomic mass is 127. The molecule has 5 nitrogen and oxygen atoms in total. The number of hydrogen-bond acceptors (Lipinski definition) is 4. The van der Waals surface area contributed by atoms with E-state index < -0.39 is 0 Å². The van der Waals surface area contributed by atoms with Crippen molar-refractivity contribution in [3.63, 3.8) is 0 Å². The van der Waals surface area contributed by atoms with E-state index in [1.807, 2.05) is 0 Å². The molecule has 0 aliphatic carbocycles. The van der Waals surface area contributed by atoms with Crippen molar-refractivity contribution < 1.29 is 4.74 Å². The number of guanidine groups is 1. The Morgan fingerprint density at radius 1 is 1.43 bits per heavy atom.